The third kappa shape index (κ3) is 3.63. The van der Waals surface area contributed by atoms with Gasteiger partial charge in [-0.1, -0.05) is 36.9 Å². The van der Waals surface area contributed by atoms with E-state index in [0.717, 1.165) is 40.3 Å². The highest BCUT2D eigenvalue weighted by atomic mass is 32.2. The van der Waals surface area contributed by atoms with Gasteiger partial charge in [-0.25, -0.2) is 0 Å². The molecule has 0 saturated heterocycles. The smallest absolute Gasteiger partial charge is 0.221 e. The maximum atomic E-state index is 12.6. The fourth-order valence-corrected chi connectivity index (χ4v) is 4.89. The number of aliphatic imine (C=N–C) groups is 1. The maximum absolute atomic E-state index is 12.6. The van der Waals surface area contributed by atoms with Gasteiger partial charge in [-0.3, -0.25) is 9.79 Å². The molecule has 6 heteroatoms. The van der Waals surface area contributed by atoms with Crippen molar-refractivity contribution in [2.75, 3.05) is 13.7 Å². The molecule has 136 valence electrons. The first-order valence-electron chi connectivity index (χ1n) is 8.77. The predicted molar refractivity (Wildman–Crippen MR) is 104 cm³/mol. The van der Waals surface area contributed by atoms with Crippen LogP contribution in [-0.2, 0) is 4.79 Å². The topological polar surface area (TPSA) is 74.5 Å². The summed E-state index contributed by atoms with van der Waals surface area (Å²) in [6.45, 7) is 4.75. The lowest BCUT2D eigenvalue weighted by Crippen LogP contribution is -2.36. The number of ether oxygens (including phenoxy) is 1. The Labute approximate surface area is 158 Å². The molecule has 0 bridgehead atoms. The molecule has 1 aromatic carbocycles. The highest BCUT2D eigenvalue weighted by molar-refractivity contribution is 8.04. The van der Waals surface area contributed by atoms with Crippen LogP contribution < -0.4 is 10.1 Å². The molecule has 0 saturated carbocycles. The Morgan fingerprint density at radius 3 is 3.08 bits per heavy atom. The number of dihydropyridines is 1. The Balaban J connectivity index is 1.66. The summed E-state index contributed by atoms with van der Waals surface area (Å²) in [7, 11) is 1.66. The van der Waals surface area contributed by atoms with Crippen LogP contribution in [0.3, 0.4) is 0 Å². The largest absolute Gasteiger partial charge is 0.496 e. The van der Waals surface area contributed by atoms with Gasteiger partial charge in [0.05, 0.1) is 24.5 Å². The number of rotatable bonds is 5. The Morgan fingerprint density at radius 2 is 2.35 bits per heavy atom. The van der Waals surface area contributed by atoms with E-state index >= 15 is 0 Å². The minimum Gasteiger partial charge on any atom is -0.496 e. The quantitative estimate of drug-likeness (QED) is 0.861. The van der Waals surface area contributed by atoms with E-state index in [1.807, 2.05) is 38.3 Å². The highest BCUT2D eigenvalue weighted by Gasteiger charge is 2.37. The average Bonchev–Trinajstić information content (AvgIpc) is 2.98. The van der Waals surface area contributed by atoms with Crippen LogP contribution in [0.2, 0.25) is 0 Å². The standard InChI is InChI=1S/C20H23N3O2S/c1-12-5-4-6-14(19(12)25-3)13(2)9-18(24)23-20-16(10-21)15-7-8-22-11-17(15)26-20/h4-6,11,13,16,20H,7-9H2,1-3H3,(H,23,24). The molecule has 2 aliphatic rings. The molecule has 1 N–H and O–H groups in total. The van der Waals surface area contributed by atoms with Crippen molar-refractivity contribution in [1.29, 1.82) is 5.26 Å². The molecule has 0 spiro atoms. The molecular weight excluding hydrogens is 346 g/mol. The number of benzene rings is 1. The van der Waals surface area contributed by atoms with Crippen LogP contribution in [0.25, 0.3) is 0 Å². The molecule has 3 atom stereocenters. The number of para-hydroxylation sites is 1. The van der Waals surface area contributed by atoms with Crippen LogP contribution in [0, 0.1) is 24.2 Å². The second-order valence-corrected chi connectivity index (χ2v) is 7.87. The van der Waals surface area contributed by atoms with Crippen LogP contribution in [0.15, 0.2) is 33.7 Å². The van der Waals surface area contributed by atoms with Crippen molar-refractivity contribution in [2.45, 2.75) is 38.0 Å². The van der Waals surface area contributed by atoms with E-state index in [2.05, 4.69) is 16.4 Å². The van der Waals surface area contributed by atoms with Crippen LogP contribution >= 0.6 is 11.8 Å². The van der Waals surface area contributed by atoms with Crippen LogP contribution in [0.1, 0.15) is 36.8 Å². The lowest BCUT2D eigenvalue weighted by molar-refractivity contribution is -0.121. The number of nitrogens with one attached hydrogen (secondary N) is 1. The van der Waals surface area contributed by atoms with Crippen molar-refractivity contribution in [3.63, 3.8) is 0 Å². The molecule has 3 unspecified atom stereocenters. The SMILES string of the molecule is COc1c(C)cccc1C(C)CC(=O)NC1SC2=C(CCN=C2)C1C#N. The van der Waals surface area contributed by atoms with E-state index < -0.39 is 0 Å². The van der Waals surface area contributed by atoms with Crippen molar-refractivity contribution in [2.24, 2.45) is 10.9 Å². The number of methoxy groups -OCH3 is 1. The molecule has 1 amide bonds. The molecule has 0 aliphatic carbocycles. The van der Waals surface area contributed by atoms with E-state index in [1.165, 1.54) is 11.8 Å². The van der Waals surface area contributed by atoms with Gasteiger partial charge >= 0.3 is 0 Å². The van der Waals surface area contributed by atoms with E-state index in [1.54, 1.807) is 7.11 Å². The van der Waals surface area contributed by atoms with Crippen molar-refractivity contribution in [3.05, 3.63) is 39.8 Å². The molecule has 0 aromatic heterocycles. The second-order valence-electron chi connectivity index (χ2n) is 6.69. The molecule has 1 aromatic rings. The summed E-state index contributed by atoms with van der Waals surface area (Å²) in [4.78, 5) is 17.9. The Bertz CT molecular complexity index is 810. The van der Waals surface area contributed by atoms with Gasteiger partial charge in [0, 0.05) is 24.1 Å². The number of allylic oxidation sites excluding steroid dienone is 1. The van der Waals surface area contributed by atoms with Gasteiger partial charge in [0.1, 0.15) is 5.75 Å². The summed E-state index contributed by atoms with van der Waals surface area (Å²) in [6.07, 6.45) is 2.99. The van der Waals surface area contributed by atoms with Crippen LogP contribution in [0.5, 0.6) is 5.75 Å². The molecule has 3 rings (SSSR count). The lowest BCUT2D eigenvalue weighted by Gasteiger charge is -2.20. The molecule has 26 heavy (non-hydrogen) atoms. The fourth-order valence-electron chi connectivity index (χ4n) is 3.55. The first-order valence-corrected chi connectivity index (χ1v) is 9.65. The molecular formula is C20H23N3O2S. The van der Waals surface area contributed by atoms with E-state index in [-0.39, 0.29) is 23.1 Å². The van der Waals surface area contributed by atoms with Gasteiger partial charge in [0.25, 0.3) is 0 Å². The third-order valence-corrected chi connectivity index (χ3v) is 6.14. The fraction of sp³-hybridized carbons (Fsp3) is 0.450. The van der Waals surface area contributed by atoms with E-state index in [9.17, 15) is 10.1 Å². The van der Waals surface area contributed by atoms with Gasteiger partial charge in [0.2, 0.25) is 5.91 Å². The maximum Gasteiger partial charge on any atom is 0.221 e. The van der Waals surface area contributed by atoms with Gasteiger partial charge in [-0.2, -0.15) is 5.26 Å². The summed E-state index contributed by atoms with van der Waals surface area (Å²) in [6, 6.07) is 8.34. The van der Waals surface area contributed by atoms with Gasteiger partial charge < -0.3 is 10.1 Å². The lowest BCUT2D eigenvalue weighted by atomic mass is 9.94. The monoisotopic (exact) mass is 369 g/mol. The van der Waals surface area contributed by atoms with Crippen LogP contribution in [0.4, 0.5) is 0 Å². The normalized spacial score (nSPS) is 22.5. The first kappa shape index (κ1) is 18.5. The number of nitriles is 1. The highest BCUT2D eigenvalue weighted by Crippen LogP contribution is 2.42. The van der Waals surface area contributed by atoms with E-state index in [4.69, 9.17) is 4.74 Å². The number of amides is 1. The minimum absolute atomic E-state index is 0.0286. The van der Waals surface area contributed by atoms with Crippen molar-refractivity contribution in [1.82, 2.24) is 5.32 Å². The summed E-state index contributed by atoms with van der Waals surface area (Å²) < 4.78 is 5.51. The zero-order valence-electron chi connectivity index (χ0n) is 15.3. The Morgan fingerprint density at radius 1 is 1.54 bits per heavy atom. The minimum atomic E-state index is -0.269. The van der Waals surface area contributed by atoms with E-state index in [0.29, 0.717) is 6.42 Å². The summed E-state index contributed by atoms with van der Waals surface area (Å²) >= 11 is 1.54. The number of carbonyl (C=O) groups excluding carboxylic acids is 1. The van der Waals surface area contributed by atoms with Gasteiger partial charge in [0.15, 0.2) is 0 Å². The van der Waals surface area contributed by atoms with Crippen LogP contribution in [-0.4, -0.2) is 31.2 Å². The third-order valence-electron chi connectivity index (χ3n) is 4.88. The predicted octanol–water partition coefficient (Wildman–Crippen LogP) is 3.55. The summed E-state index contributed by atoms with van der Waals surface area (Å²) in [5, 5.41) is 12.4. The summed E-state index contributed by atoms with van der Waals surface area (Å²) in [5.41, 5.74) is 3.21. The summed E-state index contributed by atoms with van der Waals surface area (Å²) in [5.74, 6) is 0.553. The number of hydrogen-bond donors (Lipinski definition) is 1. The zero-order chi connectivity index (χ0) is 18.7. The number of nitrogens with zero attached hydrogens (tertiary/aromatic N) is 2. The number of aryl methyl sites for hydroxylation is 1. The average molecular weight is 369 g/mol. The Hall–Kier alpha value is -2.26. The van der Waals surface area contributed by atoms with Gasteiger partial charge in [-0.05, 0) is 36.0 Å². The molecule has 2 aliphatic heterocycles. The molecule has 0 fully saturated rings. The first-order chi connectivity index (χ1) is 12.5. The van der Waals surface area contributed by atoms with Crippen molar-refractivity contribution >= 4 is 23.9 Å². The van der Waals surface area contributed by atoms with Crippen molar-refractivity contribution < 1.29 is 9.53 Å². The number of carbonyl (C=O) groups is 1. The molecule has 5 nitrogen and oxygen atoms in total. The molecule has 2 heterocycles. The Kier molecular flexibility index (Phi) is 5.67. The second kappa shape index (κ2) is 7.96. The van der Waals surface area contributed by atoms with Crippen molar-refractivity contribution in [3.8, 4) is 11.8 Å². The number of thioether (sulfide) groups is 1. The van der Waals surface area contributed by atoms with Gasteiger partial charge in [-0.15, -0.1) is 0 Å². The molecule has 0 radical (unpaired) electrons. The zero-order valence-corrected chi connectivity index (χ0v) is 16.1. The number of hydrogen-bond acceptors (Lipinski definition) is 5.